The first-order chi connectivity index (χ1) is 9.04. The van der Waals surface area contributed by atoms with Gasteiger partial charge in [0.25, 0.3) is 5.91 Å². The second-order valence-electron chi connectivity index (χ2n) is 5.14. The maximum absolute atomic E-state index is 11.9. The van der Waals surface area contributed by atoms with Gasteiger partial charge in [0.2, 0.25) is 0 Å². The summed E-state index contributed by atoms with van der Waals surface area (Å²) in [5.41, 5.74) is 0.359. The molecule has 1 amide bonds. The lowest BCUT2D eigenvalue weighted by Crippen LogP contribution is -2.30. The lowest BCUT2D eigenvalue weighted by molar-refractivity contribution is 0.0939. The van der Waals surface area contributed by atoms with Gasteiger partial charge < -0.3 is 10.6 Å². The van der Waals surface area contributed by atoms with Gasteiger partial charge in [-0.25, -0.2) is 9.97 Å². The molecule has 1 atom stereocenters. The van der Waals surface area contributed by atoms with Gasteiger partial charge in [0.15, 0.2) is 0 Å². The van der Waals surface area contributed by atoms with Crippen molar-refractivity contribution < 1.29 is 4.79 Å². The van der Waals surface area contributed by atoms with Gasteiger partial charge in [-0.3, -0.25) is 4.79 Å². The molecule has 0 aromatic carbocycles. The molecule has 0 bridgehead atoms. The van der Waals surface area contributed by atoms with Crippen molar-refractivity contribution in [3.05, 3.63) is 18.1 Å². The van der Waals surface area contributed by atoms with E-state index in [1.165, 1.54) is 6.20 Å². The quantitative estimate of drug-likeness (QED) is 0.793. The van der Waals surface area contributed by atoms with Crippen LogP contribution in [0.3, 0.4) is 0 Å². The van der Waals surface area contributed by atoms with Crippen molar-refractivity contribution in [2.45, 2.75) is 34.1 Å². The zero-order valence-electron chi connectivity index (χ0n) is 12.2. The summed E-state index contributed by atoms with van der Waals surface area (Å²) in [7, 11) is 0. The fourth-order valence-corrected chi connectivity index (χ4v) is 1.37. The highest BCUT2D eigenvalue weighted by Gasteiger charge is 2.11. The third kappa shape index (κ3) is 5.24. The molecule has 1 aromatic rings. The molecule has 0 saturated heterocycles. The Labute approximate surface area is 115 Å². The van der Waals surface area contributed by atoms with Crippen molar-refractivity contribution in [3.8, 4) is 0 Å². The van der Waals surface area contributed by atoms with E-state index >= 15 is 0 Å². The average molecular weight is 264 g/mol. The Morgan fingerprint density at radius 1 is 1.26 bits per heavy atom. The van der Waals surface area contributed by atoms with E-state index in [-0.39, 0.29) is 5.91 Å². The maximum Gasteiger partial charge on any atom is 0.271 e. The summed E-state index contributed by atoms with van der Waals surface area (Å²) in [5.74, 6) is 1.53. The maximum atomic E-state index is 11.9. The van der Waals surface area contributed by atoms with E-state index in [1.54, 1.807) is 6.20 Å². The van der Waals surface area contributed by atoms with Gasteiger partial charge in [0.05, 0.1) is 12.4 Å². The van der Waals surface area contributed by atoms with E-state index in [9.17, 15) is 4.79 Å². The second-order valence-corrected chi connectivity index (χ2v) is 5.14. The standard InChI is InChI=1S/C14H24N4O/c1-5-6-15-13-9-16-12(8-17-13)14(19)18-7-11(4)10(2)3/h8-11H,5-7H2,1-4H3,(H,15,17)(H,18,19). The molecule has 0 fully saturated rings. The predicted octanol–water partition coefficient (Wildman–Crippen LogP) is 2.32. The van der Waals surface area contributed by atoms with Gasteiger partial charge in [-0.05, 0) is 18.3 Å². The van der Waals surface area contributed by atoms with Crippen molar-refractivity contribution in [2.24, 2.45) is 11.8 Å². The minimum atomic E-state index is -0.165. The first-order valence-electron chi connectivity index (χ1n) is 6.88. The van der Waals surface area contributed by atoms with Crippen LogP contribution in [0, 0.1) is 11.8 Å². The lowest BCUT2D eigenvalue weighted by Gasteiger charge is -2.15. The van der Waals surface area contributed by atoms with E-state index in [2.05, 4.69) is 48.3 Å². The molecule has 2 N–H and O–H groups in total. The SMILES string of the molecule is CCCNc1cnc(C(=O)NCC(C)C(C)C)cn1. The monoisotopic (exact) mass is 264 g/mol. The summed E-state index contributed by atoms with van der Waals surface area (Å²) in [4.78, 5) is 20.1. The van der Waals surface area contributed by atoms with Crippen LogP contribution in [0.4, 0.5) is 5.82 Å². The molecule has 0 saturated carbocycles. The smallest absolute Gasteiger partial charge is 0.271 e. The number of hydrogen-bond acceptors (Lipinski definition) is 4. The number of rotatable bonds is 7. The molecule has 0 aliphatic rings. The van der Waals surface area contributed by atoms with E-state index in [0.717, 1.165) is 13.0 Å². The molecule has 1 aromatic heterocycles. The first-order valence-corrected chi connectivity index (χ1v) is 6.88. The van der Waals surface area contributed by atoms with E-state index in [1.807, 2.05) is 0 Å². The highest BCUT2D eigenvalue weighted by atomic mass is 16.1. The van der Waals surface area contributed by atoms with Crippen LogP contribution in [0.1, 0.15) is 44.6 Å². The zero-order valence-corrected chi connectivity index (χ0v) is 12.2. The normalized spacial score (nSPS) is 12.3. The number of nitrogens with zero attached hydrogens (tertiary/aromatic N) is 2. The Bertz CT molecular complexity index is 389. The number of anilines is 1. The molecule has 0 radical (unpaired) electrons. The van der Waals surface area contributed by atoms with Crippen molar-refractivity contribution in [1.82, 2.24) is 15.3 Å². The summed E-state index contributed by atoms with van der Waals surface area (Å²) in [5, 5.41) is 6.00. The average Bonchev–Trinajstić information content (AvgIpc) is 2.42. The van der Waals surface area contributed by atoms with Crippen LogP contribution in [-0.4, -0.2) is 29.0 Å². The van der Waals surface area contributed by atoms with E-state index < -0.39 is 0 Å². The topological polar surface area (TPSA) is 66.9 Å². The molecule has 19 heavy (non-hydrogen) atoms. The van der Waals surface area contributed by atoms with E-state index in [4.69, 9.17) is 0 Å². The number of carbonyl (C=O) groups excluding carboxylic acids is 1. The van der Waals surface area contributed by atoms with E-state index in [0.29, 0.717) is 29.9 Å². The molecular formula is C14H24N4O. The minimum absolute atomic E-state index is 0.165. The molecule has 5 nitrogen and oxygen atoms in total. The van der Waals surface area contributed by atoms with Gasteiger partial charge in [0.1, 0.15) is 11.5 Å². The Morgan fingerprint density at radius 3 is 2.53 bits per heavy atom. The van der Waals surface area contributed by atoms with Gasteiger partial charge in [-0.2, -0.15) is 0 Å². The van der Waals surface area contributed by atoms with Gasteiger partial charge in [0, 0.05) is 13.1 Å². The molecule has 1 rings (SSSR count). The molecule has 0 aliphatic heterocycles. The van der Waals surface area contributed by atoms with Crippen molar-refractivity contribution in [3.63, 3.8) is 0 Å². The van der Waals surface area contributed by atoms with Crippen LogP contribution < -0.4 is 10.6 Å². The zero-order chi connectivity index (χ0) is 14.3. The van der Waals surface area contributed by atoms with Crippen LogP contribution in [0.5, 0.6) is 0 Å². The Kier molecular flexibility index (Phi) is 6.25. The summed E-state index contributed by atoms with van der Waals surface area (Å²) in [6.07, 6.45) is 4.13. The second kappa shape index (κ2) is 7.71. The number of nitrogens with one attached hydrogen (secondary N) is 2. The van der Waals surface area contributed by atoms with Crippen molar-refractivity contribution in [2.75, 3.05) is 18.4 Å². The third-order valence-electron chi connectivity index (χ3n) is 3.16. The predicted molar refractivity (Wildman–Crippen MR) is 77.1 cm³/mol. The van der Waals surface area contributed by atoms with Gasteiger partial charge in [-0.15, -0.1) is 0 Å². The third-order valence-corrected chi connectivity index (χ3v) is 3.16. The molecular weight excluding hydrogens is 240 g/mol. The number of hydrogen-bond donors (Lipinski definition) is 2. The highest BCUT2D eigenvalue weighted by molar-refractivity contribution is 5.91. The minimum Gasteiger partial charge on any atom is -0.369 e. The number of aromatic nitrogens is 2. The highest BCUT2D eigenvalue weighted by Crippen LogP contribution is 2.08. The summed E-state index contributed by atoms with van der Waals surface area (Å²) >= 11 is 0. The lowest BCUT2D eigenvalue weighted by atomic mass is 9.98. The largest absolute Gasteiger partial charge is 0.369 e. The summed E-state index contributed by atoms with van der Waals surface area (Å²) in [6, 6.07) is 0. The fraction of sp³-hybridized carbons (Fsp3) is 0.643. The van der Waals surface area contributed by atoms with Crippen LogP contribution in [0.15, 0.2) is 12.4 Å². The van der Waals surface area contributed by atoms with Crippen molar-refractivity contribution in [1.29, 1.82) is 0 Å². The summed E-state index contributed by atoms with van der Waals surface area (Å²) in [6.45, 7) is 10.0. The summed E-state index contributed by atoms with van der Waals surface area (Å²) < 4.78 is 0. The molecule has 106 valence electrons. The molecule has 0 aliphatic carbocycles. The van der Waals surface area contributed by atoms with Crippen LogP contribution in [0.2, 0.25) is 0 Å². The Balaban J connectivity index is 2.48. The van der Waals surface area contributed by atoms with Gasteiger partial charge in [-0.1, -0.05) is 27.7 Å². The molecule has 1 heterocycles. The number of amides is 1. The molecule has 5 heteroatoms. The van der Waals surface area contributed by atoms with Crippen LogP contribution in [0.25, 0.3) is 0 Å². The van der Waals surface area contributed by atoms with Crippen LogP contribution in [-0.2, 0) is 0 Å². The van der Waals surface area contributed by atoms with Crippen LogP contribution >= 0.6 is 0 Å². The van der Waals surface area contributed by atoms with Crippen molar-refractivity contribution >= 4 is 11.7 Å². The van der Waals surface area contributed by atoms with Gasteiger partial charge >= 0.3 is 0 Å². The Hall–Kier alpha value is -1.65. The molecule has 0 spiro atoms. The molecule has 1 unspecified atom stereocenters. The number of carbonyl (C=O) groups is 1. The Morgan fingerprint density at radius 2 is 2.00 bits per heavy atom. The first kappa shape index (κ1) is 15.4. The fourth-order valence-electron chi connectivity index (χ4n) is 1.37.